The smallest absolute Gasteiger partial charge is 0.224 e. The monoisotopic (exact) mass is 298 g/mol. The van der Waals surface area contributed by atoms with Crippen molar-refractivity contribution in [3.8, 4) is 0 Å². The van der Waals surface area contributed by atoms with E-state index in [0.717, 1.165) is 17.5 Å². The number of benzene rings is 1. The first-order chi connectivity index (χ1) is 10.3. The third kappa shape index (κ3) is 3.85. The zero-order valence-corrected chi connectivity index (χ0v) is 12.7. The Labute approximate surface area is 129 Å². The highest BCUT2D eigenvalue weighted by atomic mass is 32.2. The molecule has 1 aromatic heterocycles. The summed E-state index contributed by atoms with van der Waals surface area (Å²) in [6, 6.07) is 10.3. The van der Waals surface area contributed by atoms with Crippen LogP contribution in [0.25, 0.3) is 0 Å². The van der Waals surface area contributed by atoms with Crippen LogP contribution >= 0.6 is 11.8 Å². The number of pyridine rings is 1. The lowest BCUT2D eigenvalue weighted by Crippen LogP contribution is -2.24. The molecule has 0 saturated carbocycles. The number of rotatable bonds is 4. The van der Waals surface area contributed by atoms with Gasteiger partial charge in [-0.05, 0) is 47.4 Å². The molecule has 4 heteroatoms. The molecule has 2 heterocycles. The molecule has 1 aromatic carbocycles. The average Bonchev–Trinajstić information content (AvgIpc) is 2.54. The van der Waals surface area contributed by atoms with Crippen molar-refractivity contribution in [2.24, 2.45) is 0 Å². The molecule has 0 fully saturated rings. The second-order valence-electron chi connectivity index (χ2n) is 5.21. The third-order valence-corrected chi connectivity index (χ3v) is 4.75. The number of hydrogen-bond donors (Lipinski definition) is 1. The van der Waals surface area contributed by atoms with Gasteiger partial charge >= 0.3 is 0 Å². The molecule has 108 valence electrons. The van der Waals surface area contributed by atoms with Crippen molar-refractivity contribution >= 4 is 17.7 Å². The SMILES string of the molecule is O=C(Cc1ccc2c(c1)CCCS2)NCc1cccnc1. The largest absolute Gasteiger partial charge is 0.352 e. The normalized spacial score (nSPS) is 13.5. The second kappa shape index (κ2) is 6.76. The number of carbonyl (C=O) groups is 1. The molecule has 0 bridgehead atoms. The molecule has 0 atom stereocenters. The van der Waals surface area contributed by atoms with Crippen LogP contribution in [-0.2, 0) is 24.2 Å². The molecule has 3 rings (SSSR count). The molecule has 0 aliphatic carbocycles. The van der Waals surface area contributed by atoms with Gasteiger partial charge in [0.15, 0.2) is 0 Å². The first kappa shape index (κ1) is 14.1. The standard InChI is InChI=1S/C17H18N2OS/c20-17(19-12-14-3-1-7-18-11-14)10-13-5-6-16-15(9-13)4-2-8-21-16/h1,3,5-7,9,11H,2,4,8,10,12H2,(H,19,20). The van der Waals surface area contributed by atoms with E-state index in [2.05, 4.69) is 28.5 Å². The maximum absolute atomic E-state index is 12.0. The van der Waals surface area contributed by atoms with E-state index in [1.54, 1.807) is 12.4 Å². The minimum Gasteiger partial charge on any atom is -0.352 e. The summed E-state index contributed by atoms with van der Waals surface area (Å²) < 4.78 is 0. The number of amides is 1. The highest BCUT2D eigenvalue weighted by Crippen LogP contribution is 2.30. The Balaban J connectivity index is 1.57. The van der Waals surface area contributed by atoms with E-state index in [9.17, 15) is 4.79 Å². The minimum absolute atomic E-state index is 0.0577. The Bertz CT molecular complexity index is 628. The summed E-state index contributed by atoms with van der Waals surface area (Å²) in [5.74, 6) is 1.26. The maximum atomic E-state index is 12.0. The van der Waals surface area contributed by atoms with Gasteiger partial charge in [0.25, 0.3) is 0 Å². The molecule has 0 saturated heterocycles. The molecule has 21 heavy (non-hydrogen) atoms. The second-order valence-corrected chi connectivity index (χ2v) is 6.35. The van der Waals surface area contributed by atoms with Gasteiger partial charge < -0.3 is 5.32 Å². The van der Waals surface area contributed by atoms with Crippen molar-refractivity contribution in [3.63, 3.8) is 0 Å². The van der Waals surface area contributed by atoms with Crippen LogP contribution < -0.4 is 5.32 Å². The molecule has 1 aliphatic heterocycles. The van der Waals surface area contributed by atoms with Gasteiger partial charge in [-0.2, -0.15) is 0 Å². The first-order valence-electron chi connectivity index (χ1n) is 7.21. The van der Waals surface area contributed by atoms with Crippen molar-refractivity contribution in [3.05, 3.63) is 59.4 Å². The van der Waals surface area contributed by atoms with Gasteiger partial charge in [0.1, 0.15) is 0 Å². The fraction of sp³-hybridized carbons (Fsp3) is 0.294. The molecular formula is C17H18N2OS. The fourth-order valence-corrected chi connectivity index (χ4v) is 3.49. The summed E-state index contributed by atoms with van der Waals surface area (Å²) in [5.41, 5.74) is 3.51. The lowest BCUT2D eigenvalue weighted by Gasteiger charge is -2.16. The van der Waals surface area contributed by atoms with E-state index in [0.29, 0.717) is 13.0 Å². The number of thioether (sulfide) groups is 1. The Morgan fingerprint density at radius 3 is 3.10 bits per heavy atom. The third-order valence-electron chi connectivity index (χ3n) is 3.55. The molecule has 1 N–H and O–H groups in total. The Morgan fingerprint density at radius 2 is 2.24 bits per heavy atom. The Morgan fingerprint density at radius 1 is 1.29 bits per heavy atom. The zero-order chi connectivity index (χ0) is 14.5. The summed E-state index contributed by atoms with van der Waals surface area (Å²) in [4.78, 5) is 17.4. The number of nitrogens with zero attached hydrogens (tertiary/aromatic N) is 1. The van der Waals surface area contributed by atoms with Crippen LogP contribution in [0.15, 0.2) is 47.6 Å². The number of aryl methyl sites for hydroxylation is 1. The van der Waals surface area contributed by atoms with Crippen LogP contribution in [0, 0.1) is 0 Å². The summed E-state index contributed by atoms with van der Waals surface area (Å²) in [7, 11) is 0. The van der Waals surface area contributed by atoms with Crippen molar-refractivity contribution in [1.29, 1.82) is 0 Å². The number of hydrogen-bond acceptors (Lipinski definition) is 3. The predicted octanol–water partition coefficient (Wildman–Crippen LogP) is 2.98. The highest BCUT2D eigenvalue weighted by molar-refractivity contribution is 7.99. The van der Waals surface area contributed by atoms with E-state index in [1.807, 2.05) is 23.9 Å². The summed E-state index contributed by atoms with van der Waals surface area (Å²) in [6.07, 6.45) is 6.31. The van der Waals surface area contributed by atoms with Crippen molar-refractivity contribution in [2.75, 3.05) is 5.75 Å². The van der Waals surface area contributed by atoms with E-state index in [1.165, 1.54) is 22.6 Å². The van der Waals surface area contributed by atoms with E-state index in [-0.39, 0.29) is 5.91 Å². The van der Waals surface area contributed by atoms with Crippen molar-refractivity contribution in [1.82, 2.24) is 10.3 Å². The van der Waals surface area contributed by atoms with Crippen LogP contribution in [0.1, 0.15) is 23.1 Å². The van der Waals surface area contributed by atoms with Gasteiger partial charge in [0, 0.05) is 23.8 Å². The molecule has 0 radical (unpaired) electrons. The molecule has 2 aromatic rings. The molecule has 0 unspecified atom stereocenters. The Hall–Kier alpha value is -1.81. The lowest BCUT2D eigenvalue weighted by atomic mass is 10.0. The summed E-state index contributed by atoms with van der Waals surface area (Å²) >= 11 is 1.92. The van der Waals surface area contributed by atoms with Crippen LogP contribution in [0.3, 0.4) is 0 Å². The number of fused-ring (bicyclic) bond motifs is 1. The molecule has 3 nitrogen and oxygen atoms in total. The Kier molecular flexibility index (Phi) is 4.55. The van der Waals surface area contributed by atoms with Gasteiger partial charge in [-0.15, -0.1) is 11.8 Å². The van der Waals surface area contributed by atoms with Gasteiger partial charge in [0.2, 0.25) is 5.91 Å². The van der Waals surface area contributed by atoms with Crippen molar-refractivity contribution < 1.29 is 4.79 Å². The molecular weight excluding hydrogens is 280 g/mol. The minimum atomic E-state index is 0.0577. The van der Waals surface area contributed by atoms with Crippen LogP contribution in [0.2, 0.25) is 0 Å². The first-order valence-corrected chi connectivity index (χ1v) is 8.20. The van der Waals surface area contributed by atoms with E-state index < -0.39 is 0 Å². The highest BCUT2D eigenvalue weighted by Gasteiger charge is 2.11. The topological polar surface area (TPSA) is 42.0 Å². The van der Waals surface area contributed by atoms with Crippen LogP contribution in [0.4, 0.5) is 0 Å². The number of carbonyl (C=O) groups excluding carboxylic acids is 1. The van der Waals surface area contributed by atoms with Gasteiger partial charge in [-0.1, -0.05) is 18.2 Å². The number of nitrogens with one attached hydrogen (secondary N) is 1. The number of aromatic nitrogens is 1. The fourth-order valence-electron chi connectivity index (χ4n) is 2.47. The van der Waals surface area contributed by atoms with Crippen molar-refractivity contribution in [2.45, 2.75) is 30.7 Å². The van der Waals surface area contributed by atoms with E-state index in [4.69, 9.17) is 0 Å². The average molecular weight is 298 g/mol. The lowest BCUT2D eigenvalue weighted by molar-refractivity contribution is -0.120. The van der Waals surface area contributed by atoms with Gasteiger partial charge in [-0.25, -0.2) is 0 Å². The molecule has 0 spiro atoms. The summed E-state index contributed by atoms with van der Waals surface area (Å²) in [5, 5.41) is 2.94. The van der Waals surface area contributed by atoms with Gasteiger partial charge in [0.05, 0.1) is 6.42 Å². The maximum Gasteiger partial charge on any atom is 0.224 e. The van der Waals surface area contributed by atoms with Crippen LogP contribution in [0.5, 0.6) is 0 Å². The summed E-state index contributed by atoms with van der Waals surface area (Å²) in [6.45, 7) is 0.535. The predicted molar refractivity (Wildman–Crippen MR) is 85.3 cm³/mol. The van der Waals surface area contributed by atoms with E-state index >= 15 is 0 Å². The molecule has 1 aliphatic rings. The van der Waals surface area contributed by atoms with Crippen LogP contribution in [-0.4, -0.2) is 16.6 Å². The van der Waals surface area contributed by atoms with Gasteiger partial charge in [-0.3, -0.25) is 9.78 Å². The molecule has 1 amide bonds. The zero-order valence-electron chi connectivity index (χ0n) is 11.8. The quantitative estimate of drug-likeness (QED) is 0.943.